The molecule has 0 radical (unpaired) electrons. The Bertz CT molecular complexity index is 676. The Hall–Kier alpha value is -1.79. The quantitative estimate of drug-likeness (QED) is 0.631. The zero-order valence-electron chi connectivity index (χ0n) is 13.1. The maximum Gasteiger partial charge on any atom is 0.499 e. The van der Waals surface area contributed by atoms with E-state index in [9.17, 15) is 4.39 Å². The van der Waals surface area contributed by atoms with Gasteiger partial charge in [0.2, 0.25) is 5.95 Å². The van der Waals surface area contributed by atoms with E-state index >= 15 is 0 Å². The molecule has 0 unspecified atom stereocenters. The molecular weight excluding hydrogens is 282 g/mol. The Morgan fingerprint density at radius 2 is 1.73 bits per heavy atom. The Kier molecular flexibility index (Phi) is 3.53. The van der Waals surface area contributed by atoms with Crippen molar-refractivity contribution in [1.29, 1.82) is 0 Å². The minimum atomic E-state index is -0.750. The maximum absolute atomic E-state index is 14.4. The maximum atomic E-state index is 14.4. The molecule has 22 heavy (non-hydrogen) atoms. The number of hydrogen-bond donors (Lipinski definition) is 0. The van der Waals surface area contributed by atoms with Gasteiger partial charge in [-0.2, -0.15) is 4.39 Å². The lowest BCUT2D eigenvalue weighted by Gasteiger charge is -2.32. The van der Waals surface area contributed by atoms with Gasteiger partial charge in [-0.3, -0.25) is 4.98 Å². The highest BCUT2D eigenvalue weighted by atomic mass is 19.1. The monoisotopic (exact) mass is 300 g/mol. The van der Waals surface area contributed by atoms with Crippen LogP contribution in [-0.4, -0.2) is 28.3 Å². The fourth-order valence-corrected chi connectivity index (χ4v) is 2.27. The van der Waals surface area contributed by atoms with Gasteiger partial charge in [-0.25, -0.2) is 4.98 Å². The molecule has 0 atom stereocenters. The van der Waals surface area contributed by atoms with Gasteiger partial charge in [0.05, 0.1) is 16.9 Å². The van der Waals surface area contributed by atoms with E-state index in [1.165, 1.54) is 0 Å². The molecule has 6 heteroatoms. The molecule has 3 rings (SSSR count). The predicted molar refractivity (Wildman–Crippen MR) is 83.1 cm³/mol. The fourth-order valence-electron chi connectivity index (χ4n) is 2.27. The highest BCUT2D eigenvalue weighted by Crippen LogP contribution is 2.36. The number of hydrogen-bond acceptors (Lipinski definition) is 4. The van der Waals surface area contributed by atoms with E-state index in [4.69, 9.17) is 9.31 Å². The number of rotatable bonds is 2. The van der Waals surface area contributed by atoms with Gasteiger partial charge in [0.1, 0.15) is 0 Å². The second-order valence-electron chi connectivity index (χ2n) is 6.41. The van der Waals surface area contributed by atoms with Gasteiger partial charge < -0.3 is 9.31 Å². The molecule has 2 aromatic rings. The van der Waals surface area contributed by atoms with Gasteiger partial charge >= 0.3 is 7.12 Å². The van der Waals surface area contributed by atoms with Crippen molar-refractivity contribution in [3.8, 4) is 11.3 Å². The van der Waals surface area contributed by atoms with E-state index in [1.807, 2.05) is 33.8 Å². The van der Waals surface area contributed by atoms with Crippen LogP contribution >= 0.6 is 0 Å². The first-order chi connectivity index (χ1) is 10.3. The minimum Gasteiger partial charge on any atom is -0.399 e. The zero-order valence-corrected chi connectivity index (χ0v) is 13.1. The third kappa shape index (κ3) is 2.53. The average Bonchev–Trinajstić information content (AvgIpc) is 2.68. The number of halogens is 1. The molecule has 1 aliphatic heterocycles. The molecule has 2 aromatic heterocycles. The van der Waals surface area contributed by atoms with Gasteiger partial charge in [0.25, 0.3) is 0 Å². The highest BCUT2D eigenvalue weighted by molar-refractivity contribution is 6.62. The van der Waals surface area contributed by atoms with Crippen molar-refractivity contribution >= 4 is 12.6 Å². The number of pyridine rings is 2. The van der Waals surface area contributed by atoms with E-state index in [-0.39, 0.29) is 0 Å². The zero-order chi connectivity index (χ0) is 16.0. The molecule has 114 valence electrons. The van der Waals surface area contributed by atoms with Gasteiger partial charge in [-0.15, -0.1) is 0 Å². The van der Waals surface area contributed by atoms with Crippen molar-refractivity contribution in [2.75, 3.05) is 0 Å². The molecule has 1 aliphatic rings. The largest absolute Gasteiger partial charge is 0.499 e. The van der Waals surface area contributed by atoms with Crippen molar-refractivity contribution in [2.45, 2.75) is 38.9 Å². The van der Waals surface area contributed by atoms with E-state index in [0.29, 0.717) is 11.2 Å². The lowest BCUT2D eigenvalue weighted by atomic mass is 9.80. The molecular formula is C16H18BFN2O2. The van der Waals surface area contributed by atoms with Gasteiger partial charge in [0.15, 0.2) is 0 Å². The molecule has 0 spiro atoms. The van der Waals surface area contributed by atoms with E-state index < -0.39 is 24.3 Å². The van der Waals surface area contributed by atoms with Crippen LogP contribution < -0.4 is 5.46 Å². The molecule has 3 heterocycles. The predicted octanol–water partition coefficient (Wildman–Crippen LogP) is 2.58. The summed E-state index contributed by atoms with van der Waals surface area (Å²) in [5.41, 5.74) is 0.595. The van der Waals surface area contributed by atoms with Crippen LogP contribution in [0.15, 0.2) is 36.7 Å². The Labute approximate surface area is 129 Å². The number of nitrogens with zero attached hydrogens (tertiary/aromatic N) is 2. The SMILES string of the molecule is CC1(C)OB(c2ccc(-c3cccnc3)nc2F)OC1(C)C. The Balaban J connectivity index is 1.91. The second-order valence-corrected chi connectivity index (χ2v) is 6.41. The summed E-state index contributed by atoms with van der Waals surface area (Å²) in [6, 6.07) is 7.04. The van der Waals surface area contributed by atoms with E-state index in [1.54, 1.807) is 30.6 Å². The Morgan fingerprint density at radius 1 is 1.05 bits per heavy atom. The third-order valence-corrected chi connectivity index (χ3v) is 4.34. The summed E-state index contributed by atoms with van der Waals surface area (Å²) in [5, 5.41) is 0. The third-order valence-electron chi connectivity index (χ3n) is 4.34. The Morgan fingerprint density at radius 3 is 2.27 bits per heavy atom. The molecule has 0 bridgehead atoms. The van der Waals surface area contributed by atoms with Gasteiger partial charge in [-0.1, -0.05) is 6.07 Å². The lowest BCUT2D eigenvalue weighted by molar-refractivity contribution is 0.00578. The first-order valence-corrected chi connectivity index (χ1v) is 7.23. The fraction of sp³-hybridized carbons (Fsp3) is 0.375. The van der Waals surface area contributed by atoms with E-state index in [2.05, 4.69) is 9.97 Å². The molecule has 1 saturated heterocycles. The summed E-state index contributed by atoms with van der Waals surface area (Å²) in [5.74, 6) is -0.583. The van der Waals surface area contributed by atoms with Crippen LogP contribution in [-0.2, 0) is 9.31 Å². The first kappa shape index (κ1) is 15.1. The molecule has 0 saturated carbocycles. The molecule has 0 aromatic carbocycles. The summed E-state index contributed by atoms with van der Waals surface area (Å²) >= 11 is 0. The minimum absolute atomic E-state index is 0.311. The first-order valence-electron chi connectivity index (χ1n) is 7.23. The molecule has 4 nitrogen and oxygen atoms in total. The van der Waals surface area contributed by atoms with Crippen molar-refractivity contribution in [2.24, 2.45) is 0 Å². The number of aromatic nitrogens is 2. The van der Waals surface area contributed by atoms with Crippen molar-refractivity contribution < 1.29 is 13.7 Å². The molecule has 0 N–H and O–H groups in total. The van der Waals surface area contributed by atoms with Gasteiger partial charge in [0, 0.05) is 23.4 Å². The van der Waals surface area contributed by atoms with E-state index in [0.717, 1.165) is 5.56 Å². The normalized spacial score (nSPS) is 19.4. The lowest BCUT2D eigenvalue weighted by Crippen LogP contribution is -2.41. The van der Waals surface area contributed by atoms with Crippen LogP contribution in [0.3, 0.4) is 0 Å². The van der Waals surface area contributed by atoms with Crippen LogP contribution in [0.25, 0.3) is 11.3 Å². The summed E-state index contributed by atoms with van der Waals surface area (Å²) in [6.45, 7) is 7.73. The van der Waals surface area contributed by atoms with Crippen molar-refractivity contribution in [1.82, 2.24) is 9.97 Å². The standard InChI is InChI=1S/C16H18BFN2O2/c1-15(2)16(3,4)22-17(21-15)12-7-8-13(20-14(12)18)11-6-5-9-19-10-11/h5-10H,1-4H3. The summed E-state index contributed by atoms with van der Waals surface area (Å²) in [6.07, 6.45) is 3.31. The molecule has 1 fully saturated rings. The highest BCUT2D eigenvalue weighted by Gasteiger charge is 2.52. The summed E-state index contributed by atoms with van der Waals surface area (Å²) < 4.78 is 26.1. The van der Waals surface area contributed by atoms with Gasteiger partial charge in [-0.05, 0) is 45.9 Å². The van der Waals surface area contributed by atoms with Crippen LogP contribution in [0, 0.1) is 5.95 Å². The smallest absolute Gasteiger partial charge is 0.399 e. The van der Waals surface area contributed by atoms with Crippen molar-refractivity contribution in [3.05, 3.63) is 42.6 Å². The second kappa shape index (κ2) is 5.14. The summed E-state index contributed by atoms with van der Waals surface area (Å²) in [7, 11) is -0.750. The topological polar surface area (TPSA) is 44.2 Å². The summed E-state index contributed by atoms with van der Waals surface area (Å²) in [4.78, 5) is 8.03. The molecule has 0 aliphatic carbocycles. The van der Waals surface area contributed by atoms with Crippen LogP contribution in [0.5, 0.6) is 0 Å². The van der Waals surface area contributed by atoms with Crippen LogP contribution in [0.2, 0.25) is 0 Å². The van der Waals surface area contributed by atoms with Crippen LogP contribution in [0.4, 0.5) is 4.39 Å². The van der Waals surface area contributed by atoms with Crippen LogP contribution in [0.1, 0.15) is 27.7 Å². The average molecular weight is 300 g/mol. The van der Waals surface area contributed by atoms with Crippen molar-refractivity contribution in [3.63, 3.8) is 0 Å². The molecule has 0 amide bonds.